The molecule has 0 aromatic heterocycles. The Bertz CT molecular complexity index is 1460. The first-order chi connectivity index (χ1) is 20.2. The van der Waals surface area contributed by atoms with Gasteiger partial charge in [0.2, 0.25) is 5.91 Å². The molecule has 0 radical (unpaired) electrons. The molecule has 0 spiro atoms. The van der Waals surface area contributed by atoms with Crippen LogP contribution in [0.5, 0.6) is 0 Å². The first kappa shape index (κ1) is 36.5. The summed E-state index contributed by atoms with van der Waals surface area (Å²) in [5.74, 6) is -0.192. The summed E-state index contributed by atoms with van der Waals surface area (Å²) in [6.07, 6.45) is 0. The molecule has 2 unspecified atom stereocenters. The molecule has 0 bridgehead atoms. The Labute approximate surface area is 269 Å². The first-order valence-corrected chi connectivity index (χ1v) is 14.3. The van der Waals surface area contributed by atoms with Gasteiger partial charge in [-0.3, -0.25) is 4.79 Å². The SMILES string of the molecule is Cc1ccc(C(N)c2ccc(C)cc2)cc1.Cc1ccc(C(NC(=O)[C@@H](N)c2ccccc2)c2ccc(C)cc2)cc1.P.P. The van der Waals surface area contributed by atoms with Gasteiger partial charge in [-0.1, -0.05) is 150 Å². The predicted molar refractivity (Wildman–Crippen MR) is 196 cm³/mol. The number of amides is 1. The van der Waals surface area contributed by atoms with Crippen LogP contribution in [0.3, 0.4) is 0 Å². The quantitative estimate of drug-likeness (QED) is 0.163. The number of carbonyl (C=O) groups excluding carboxylic acids is 1. The Hall–Kier alpha value is -3.65. The molecule has 3 atom stereocenters. The fraction of sp³-hybridized carbons (Fsp3) is 0.184. The van der Waals surface area contributed by atoms with Crippen molar-refractivity contribution in [2.45, 2.75) is 45.8 Å². The van der Waals surface area contributed by atoms with Crippen LogP contribution in [0.25, 0.3) is 0 Å². The minimum Gasteiger partial charge on any atom is -0.344 e. The zero-order valence-corrected chi connectivity index (χ0v) is 29.2. The van der Waals surface area contributed by atoms with Crippen molar-refractivity contribution in [2.24, 2.45) is 11.5 Å². The van der Waals surface area contributed by atoms with Crippen molar-refractivity contribution < 1.29 is 4.79 Å². The van der Waals surface area contributed by atoms with Gasteiger partial charge in [0.15, 0.2) is 0 Å². The van der Waals surface area contributed by atoms with E-state index in [-0.39, 0.29) is 37.8 Å². The van der Waals surface area contributed by atoms with E-state index in [0.29, 0.717) is 0 Å². The van der Waals surface area contributed by atoms with Gasteiger partial charge in [-0.15, -0.1) is 0 Å². The molecule has 44 heavy (non-hydrogen) atoms. The molecule has 0 saturated heterocycles. The predicted octanol–water partition coefficient (Wildman–Crippen LogP) is 7.68. The number of hydrogen-bond donors (Lipinski definition) is 3. The van der Waals surface area contributed by atoms with E-state index in [1.165, 1.54) is 22.3 Å². The fourth-order valence-corrected chi connectivity index (χ4v) is 4.66. The van der Waals surface area contributed by atoms with E-state index < -0.39 is 6.04 Å². The Morgan fingerprint density at radius 1 is 0.477 bits per heavy atom. The van der Waals surface area contributed by atoms with Gasteiger partial charge >= 0.3 is 0 Å². The second-order valence-electron chi connectivity index (χ2n) is 11.0. The number of rotatable bonds is 7. The number of nitrogens with one attached hydrogen (secondary N) is 1. The largest absolute Gasteiger partial charge is 0.344 e. The molecule has 5 rings (SSSR count). The molecule has 0 aliphatic heterocycles. The maximum atomic E-state index is 12.8. The van der Waals surface area contributed by atoms with Crippen LogP contribution in [-0.2, 0) is 4.79 Å². The summed E-state index contributed by atoms with van der Waals surface area (Å²) >= 11 is 0. The van der Waals surface area contributed by atoms with E-state index in [9.17, 15) is 4.79 Å². The third-order valence-electron chi connectivity index (χ3n) is 7.42. The molecule has 0 fully saturated rings. The van der Waals surface area contributed by atoms with Gasteiger partial charge in [0.05, 0.1) is 12.1 Å². The lowest BCUT2D eigenvalue weighted by Gasteiger charge is -2.22. The zero-order valence-electron chi connectivity index (χ0n) is 26.3. The molecule has 0 aliphatic rings. The molecule has 4 nitrogen and oxygen atoms in total. The second-order valence-corrected chi connectivity index (χ2v) is 11.0. The van der Waals surface area contributed by atoms with Gasteiger partial charge in [-0.25, -0.2) is 0 Å². The third-order valence-corrected chi connectivity index (χ3v) is 7.42. The van der Waals surface area contributed by atoms with Crippen LogP contribution in [0.1, 0.15) is 68.2 Å². The molecular formula is C38H47N3OP2. The van der Waals surface area contributed by atoms with E-state index in [1.807, 2.05) is 54.6 Å². The summed E-state index contributed by atoms with van der Waals surface area (Å²) in [5, 5.41) is 3.12. The minimum atomic E-state index is -0.699. The standard InChI is InChI=1S/C23H24N2O.C15H17N.2H3P/c1-16-8-12-19(13-9-16)22(20-14-10-17(2)11-15-20)25-23(26)21(24)18-6-4-3-5-7-18;1-11-3-7-13(8-4-11)15(16)14-9-5-12(2)6-10-14;;/h3-15,21-22H,24H2,1-2H3,(H,25,26);3-10,15H,16H2,1-2H3;2*1H3/t21-;;;/m0.../s1. The Balaban J connectivity index is 0.000000324. The molecular weight excluding hydrogens is 576 g/mol. The highest BCUT2D eigenvalue weighted by atomic mass is 31.0. The van der Waals surface area contributed by atoms with Gasteiger partial charge in [-0.2, -0.15) is 19.8 Å². The van der Waals surface area contributed by atoms with E-state index in [4.69, 9.17) is 11.5 Å². The highest BCUT2D eigenvalue weighted by Gasteiger charge is 2.22. The number of benzene rings is 5. The molecule has 230 valence electrons. The third kappa shape index (κ3) is 10.2. The molecule has 0 saturated carbocycles. The topological polar surface area (TPSA) is 81.1 Å². The van der Waals surface area contributed by atoms with E-state index >= 15 is 0 Å². The highest BCUT2D eigenvalue weighted by molar-refractivity contribution is 6.92. The van der Waals surface area contributed by atoms with Gasteiger partial charge in [0.1, 0.15) is 6.04 Å². The van der Waals surface area contributed by atoms with E-state index in [2.05, 4.69) is 106 Å². The van der Waals surface area contributed by atoms with E-state index in [1.54, 1.807) is 0 Å². The van der Waals surface area contributed by atoms with Crippen molar-refractivity contribution in [3.8, 4) is 0 Å². The monoisotopic (exact) mass is 623 g/mol. The lowest BCUT2D eigenvalue weighted by molar-refractivity contribution is -0.123. The molecule has 0 heterocycles. The summed E-state index contributed by atoms with van der Waals surface area (Å²) in [5.41, 5.74) is 22.5. The minimum absolute atomic E-state index is 0. The molecule has 5 aromatic carbocycles. The van der Waals surface area contributed by atoms with Crippen LogP contribution in [0.15, 0.2) is 127 Å². The van der Waals surface area contributed by atoms with Crippen molar-refractivity contribution >= 4 is 25.7 Å². The van der Waals surface area contributed by atoms with Gasteiger partial charge in [0, 0.05) is 0 Å². The normalized spacial score (nSPS) is 11.0. The van der Waals surface area contributed by atoms with Crippen LogP contribution in [0.4, 0.5) is 0 Å². The number of hydrogen-bond acceptors (Lipinski definition) is 3. The maximum absolute atomic E-state index is 12.8. The van der Waals surface area contributed by atoms with Crippen LogP contribution in [0.2, 0.25) is 0 Å². The van der Waals surface area contributed by atoms with Crippen LogP contribution in [0, 0.1) is 27.7 Å². The van der Waals surface area contributed by atoms with E-state index in [0.717, 1.165) is 27.8 Å². The first-order valence-electron chi connectivity index (χ1n) is 14.3. The average Bonchev–Trinajstić information content (AvgIpc) is 3.01. The summed E-state index contributed by atoms with van der Waals surface area (Å²) in [6, 6.07) is 41.7. The average molecular weight is 624 g/mol. The van der Waals surface area contributed by atoms with Gasteiger partial charge < -0.3 is 16.8 Å². The van der Waals surface area contributed by atoms with Crippen molar-refractivity contribution in [2.75, 3.05) is 0 Å². The van der Waals surface area contributed by atoms with Gasteiger partial charge in [0.25, 0.3) is 0 Å². The maximum Gasteiger partial charge on any atom is 0.242 e. The lowest BCUT2D eigenvalue weighted by atomic mass is 9.96. The van der Waals surface area contributed by atoms with Crippen molar-refractivity contribution in [3.63, 3.8) is 0 Å². The Kier molecular flexibility index (Phi) is 14.6. The molecule has 5 N–H and O–H groups in total. The number of nitrogens with two attached hydrogens (primary N) is 2. The molecule has 5 aromatic rings. The van der Waals surface area contributed by atoms with Crippen LogP contribution >= 0.6 is 19.8 Å². The van der Waals surface area contributed by atoms with Crippen LogP contribution in [-0.4, -0.2) is 5.91 Å². The second kappa shape index (κ2) is 17.6. The molecule has 0 aliphatic carbocycles. The van der Waals surface area contributed by atoms with Crippen molar-refractivity contribution in [1.29, 1.82) is 0 Å². The van der Waals surface area contributed by atoms with Crippen molar-refractivity contribution in [1.82, 2.24) is 5.32 Å². The number of aryl methyl sites for hydroxylation is 4. The summed E-state index contributed by atoms with van der Waals surface area (Å²) in [4.78, 5) is 12.8. The van der Waals surface area contributed by atoms with Gasteiger partial charge in [-0.05, 0) is 55.5 Å². The Morgan fingerprint density at radius 3 is 1.14 bits per heavy atom. The Morgan fingerprint density at radius 2 is 0.795 bits per heavy atom. The highest BCUT2D eigenvalue weighted by Crippen LogP contribution is 2.24. The lowest BCUT2D eigenvalue weighted by Crippen LogP contribution is -2.37. The summed E-state index contributed by atoms with van der Waals surface area (Å²) in [6.45, 7) is 8.27. The molecule has 1 amide bonds. The zero-order chi connectivity index (χ0) is 30.1. The summed E-state index contributed by atoms with van der Waals surface area (Å²) in [7, 11) is 0. The number of carbonyl (C=O) groups is 1. The smallest absolute Gasteiger partial charge is 0.242 e. The fourth-order valence-electron chi connectivity index (χ4n) is 4.66. The molecule has 6 heteroatoms. The van der Waals surface area contributed by atoms with Crippen molar-refractivity contribution in [3.05, 3.63) is 177 Å². The summed E-state index contributed by atoms with van der Waals surface area (Å²) < 4.78 is 0. The van der Waals surface area contributed by atoms with Crippen LogP contribution < -0.4 is 16.8 Å².